The molecule has 1 atom stereocenters. The summed E-state index contributed by atoms with van der Waals surface area (Å²) in [6, 6.07) is 20.9. The predicted molar refractivity (Wildman–Crippen MR) is 128 cm³/mol. The Labute approximate surface area is 191 Å². The average molecular weight is 437 g/mol. The minimum atomic E-state index is -1.03. The SMILES string of the molecule is Cc1ccc(O[C@H](C)c2ccccc2)c2c(C(=O)O)cc(-c3nc4ccccn4c3C)nc12. The number of benzene rings is 2. The monoisotopic (exact) mass is 437 g/mol. The Morgan fingerprint density at radius 2 is 1.76 bits per heavy atom. The Kier molecular flexibility index (Phi) is 5.05. The Hall–Kier alpha value is -4.19. The molecule has 1 N–H and O–H groups in total. The number of aryl methyl sites for hydroxylation is 2. The number of fused-ring (bicyclic) bond motifs is 2. The third-order valence-electron chi connectivity index (χ3n) is 5.94. The lowest BCUT2D eigenvalue weighted by molar-refractivity contribution is 0.0698. The van der Waals surface area contributed by atoms with E-state index in [1.54, 1.807) is 6.07 Å². The van der Waals surface area contributed by atoms with Crippen LogP contribution >= 0.6 is 0 Å². The molecule has 0 unspecified atom stereocenters. The number of carboxylic acid groups (broad SMARTS) is 1. The molecule has 5 aromatic rings. The van der Waals surface area contributed by atoms with E-state index in [1.807, 2.05) is 92.0 Å². The van der Waals surface area contributed by atoms with Gasteiger partial charge < -0.3 is 14.2 Å². The second kappa shape index (κ2) is 8.06. The number of imidazole rings is 1. The van der Waals surface area contributed by atoms with Gasteiger partial charge in [0.1, 0.15) is 23.2 Å². The predicted octanol–water partition coefficient (Wildman–Crippen LogP) is 6.00. The zero-order valence-corrected chi connectivity index (χ0v) is 18.6. The number of aromatic carboxylic acids is 1. The average Bonchev–Trinajstić information content (AvgIpc) is 3.17. The van der Waals surface area contributed by atoms with E-state index in [2.05, 4.69) is 0 Å². The van der Waals surface area contributed by atoms with Crippen molar-refractivity contribution in [3.63, 3.8) is 0 Å². The van der Waals surface area contributed by atoms with Crippen LogP contribution < -0.4 is 4.74 Å². The standard InChI is InChI=1S/C27H23N3O3/c1-16-12-13-22(33-18(3)19-9-5-4-6-10-19)24-20(27(31)32)15-21(28-25(16)24)26-17(2)30-14-8-7-11-23(30)29-26/h4-15,18H,1-3H3,(H,31,32)/t18-/m1/s1. The van der Waals surface area contributed by atoms with E-state index < -0.39 is 5.97 Å². The molecule has 2 aromatic carbocycles. The Bertz CT molecular complexity index is 1510. The highest BCUT2D eigenvalue weighted by molar-refractivity contribution is 6.07. The Balaban J connectivity index is 1.70. The summed E-state index contributed by atoms with van der Waals surface area (Å²) >= 11 is 0. The van der Waals surface area contributed by atoms with Crippen LogP contribution in [0.4, 0.5) is 0 Å². The first-order valence-electron chi connectivity index (χ1n) is 10.8. The third kappa shape index (κ3) is 3.59. The van der Waals surface area contributed by atoms with Gasteiger partial charge in [-0.25, -0.2) is 14.8 Å². The molecule has 3 aromatic heterocycles. The van der Waals surface area contributed by atoms with Gasteiger partial charge in [-0.1, -0.05) is 42.5 Å². The van der Waals surface area contributed by atoms with Crippen molar-refractivity contribution in [1.29, 1.82) is 0 Å². The van der Waals surface area contributed by atoms with E-state index >= 15 is 0 Å². The van der Waals surface area contributed by atoms with E-state index in [-0.39, 0.29) is 11.7 Å². The van der Waals surface area contributed by atoms with Gasteiger partial charge in [0.2, 0.25) is 0 Å². The summed E-state index contributed by atoms with van der Waals surface area (Å²) in [4.78, 5) is 21.9. The molecule has 6 heteroatoms. The largest absolute Gasteiger partial charge is 0.485 e. The highest BCUT2D eigenvalue weighted by Gasteiger charge is 2.22. The van der Waals surface area contributed by atoms with E-state index in [0.29, 0.717) is 28.0 Å². The van der Waals surface area contributed by atoms with Crippen LogP contribution in [0.1, 0.15) is 40.2 Å². The lowest BCUT2D eigenvalue weighted by atomic mass is 10.0. The highest BCUT2D eigenvalue weighted by Crippen LogP contribution is 2.36. The van der Waals surface area contributed by atoms with Crippen LogP contribution in [0.2, 0.25) is 0 Å². The van der Waals surface area contributed by atoms with Crippen molar-refractivity contribution in [2.24, 2.45) is 0 Å². The van der Waals surface area contributed by atoms with E-state index in [4.69, 9.17) is 14.7 Å². The highest BCUT2D eigenvalue weighted by atomic mass is 16.5. The quantitative estimate of drug-likeness (QED) is 0.365. The molecule has 0 spiro atoms. The molecule has 0 amide bonds. The summed E-state index contributed by atoms with van der Waals surface area (Å²) in [7, 11) is 0. The van der Waals surface area contributed by atoms with Gasteiger partial charge in [-0.15, -0.1) is 0 Å². The third-order valence-corrected chi connectivity index (χ3v) is 5.94. The van der Waals surface area contributed by atoms with E-state index in [0.717, 1.165) is 22.5 Å². The van der Waals surface area contributed by atoms with Crippen LogP contribution in [0.15, 0.2) is 72.9 Å². The normalized spacial score (nSPS) is 12.2. The number of hydrogen-bond donors (Lipinski definition) is 1. The molecule has 6 nitrogen and oxygen atoms in total. The summed E-state index contributed by atoms with van der Waals surface area (Å²) in [5, 5.41) is 10.6. The van der Waals surface area contributed by atoms with Gasteiger partial charge in [-0.3, -0.25) is 0 Å². The molecule has 0 aliphatic rings. The molecule has 0 radical (unpaired) electrons. The fourth-order valence-corrected chi connectivity index (χ4v) is 4.17. The molecule has 0 fully saturated rings. The number of aromatic nitrogens is 3. The van der Waals surface area contributed by atoms with Crippen molar-refractivity contribution in [2.45, 2.75) is 26.9 Å². The molecule has 0 aliphatic carbocycles. The minimum Gasteiger partial charge on any atom is -0.485 e. The van der Waals surface area contributed by atoms with Crippen LogP contribution in [0.3, 0.4) is 0 Å². The van der Waals surface area contributed by atoms with Gasteiger partial charge in [0, 0.05) is 11.9 Å². The minimum absolute atomic E-state index is 0.144. The molecule has 0 saturated carbocycles. The van der Waals surface area contributed by atoms with Crippen LogP contribution in [-0.4, -0.2) is 25.4 Å². The van der Waals surface area contributed by atoms with Crippen molar-refractivity contribution in [3.05, 3.63) is 95.3 Å². The maximum Gasteiger partial charge on any atom is 0.336 e. The van der Waals surface area contributed by atoms with Crippen molar-refractivity contribution >= 4 is 22.5 Å². The summed E-state index contributed by atoms with van der Waals surface area (Å²) in [6.07, 6.45) is 1.68. The van der Waals surface area contributed by atoms with E-state index in [1.165, 1.54) is 0 Å². The van der Waals surface area contributed by atoms with Crippen LogP contribution in [-0.2, 0) is 0 Å². The summed E-state index contributed by atoms with van der Waals surface area (Å²) < 4.78 is 8.22. The zero-order chi connectivity index (χ0) is 23.1. The van der Waals surface area contributed by atoms with Gasteiger partial charge in [0.05, 0.1) is 22.2 Å². The van der Waals surface area contributed by atoms with Gasteiger partial charge in [-0.2, -0.15) is 0 Å². The fourth-order valence-electron chi connectivity index (χ4n) is 4.17. The van der Waals surface area contributed by atoms with Crippen LogP contribution in [0.25, 0.3) is 27.9 Å². The fraction of sp³-hybridized carbons (Fsp3) is 0.148. The smallest absolute Gasteiger partial charge is 0.336 e. The van der Waals surface area contributed by atoms with Crippen molar-refractivity contribution < 1.29 is 14.6 Å². The lowest BCUT2D eigenvalue weighted by Crippen LogP contribution is -2.07. The van der Waals surface area contributed by atoms with Gasteiger partial charge in [0.15, 0.2) is 0 Å². The van der Waals surface area contributed by atoms with Gasteiger partial charge in [-0.05, 0) is 56.2 Å². The topological polar surface area (TPSA) is 76.7 Å². The summed E-state index contributed by atoms with van der Waals surface area (Å²) in [6.45, 7) is 5.82. The number of carboxylic acids is 1. The molecule has 0 aliphatic heterocycles. The molecule has 5 rings (SSSR count). The first kappa shape index (κ1) is 20.7. The Morgan fingerprint density at radius 3 is 2.48 bits per heavy atom. The number of rotatable bonds is 5. The molecule has 33 heavy (non-hydrogen) atoms. The first-order chi connectivity index (χ1) is 15.9. The summed E-state index contributed by atoms with van der Waals surface area (Å²) in [5.41, 5.74) is 5.49. The van der Waals surface area contributed by atoms with Crippen molar-refractivity contribution in [1.82, 2.24) is 14.4 Å². The van der Waals surface area contributed by atoms with E-state index in [9.17, 15) is 9.90 Å². The van der Waals surface area contributed by atoms with Crippen molar-refractivity contribution in [3.8, 4) is 17.1 Å². The van der Waals surface area contributed by atoms with Crippen LogP contribution in [0.5, 0.6) is 5.75 Å². The second-order valence-corrected chi connectivity index (χ2v) is 8.11. The molecule has 0 saturated heterocycles. The van der Waals surface area contributed by atoms with Crippen LogP contribution in [0, 0.1) is 13.8 Å². The Morgan fingerprint density at radius 1 is 1.00 bits per heavy atom. The van der Waals surface area contributed by atoms with Gasteiger partial charge in [0.25, 0.3) is 0 Å². The second-order valence-electron chi connectivity index (χ2n) is 8.11. The number of nitrogens with zero attached hydrogens (tertiary/aromatic N) is 3. The maximum absolute atomic E-state index is 12.4. The zero-order valence-electron chi connectivity index (χ0n) is 18.6. The number of hydrogen-bond acceptors (Lipinski definition) is 4. The molecule has 164 valence electrons. The molecule has 0 bridgehead atoms. The maximum atomic E-state index is 12.4. The lowest BCUT2D eigenvalue weighted by Gasteiger charge is -2.18. The van der Waals surface area contributed by atoms with Crippen molar-refractivity contribution in [2.75, 3.05) is 0 Å². The molecular formula is C27H23N3O3. The molecule has 3 heterocycles. The summed E-state index contributed by atoms with van der Waals surface area (Å²) in [5.74, 6) is -0.539. The number of pyridine rings is 2. The van der Waals surface area contributed by atoms with Gasteiger partial charge >= 0.3 is 5.97 Å². The number of carbonyl (C=O) groups is 1. The molecular weight excluding hydrogens is 414 g/mol. The first-order valence-corrected chi connectivity index (χ1v) is 10.8. The number of ether oxygens (including phenoxy) is 1.